The summed E-state index contributed by atoms with van der Waals surface area (Å²) in [6.45, 7) is -4.19. The molecule has 0 aliphatic rings. The maximum atomic E-state index is 12.6. The first-order valence-corrected chi connectivity index (χ1v) is 18.8. The molecule has 49 heavy (non-hydrogen) atoms. The summed E-state index contributed by atoms with van der Waals surface area (Å²) < 4.78 is 14.4. The van der Waals surface area contributed by atoms with E-state index in [-0.39, 0.29) is 5.92 Å². The zero-order chi connectivity index (χ0) is 33.4. The molecule has 0 radical (unpaired) electrons. The van der Waals surface area contributed by atoms with E-state index >= 15 is 0 Å². The Hall–Kier alpha value is -5.09. The van der Waals surface area contributed by atoms with Crippen LogP contribution in [0.4, 0.5) is 0 Å². The first-order valence-electron chi connectivity index (χ1n) is 16.6. The predicted octanol–water partition coefficient (Wildman–Crippen LogP) is 8.34. The number of hydrogen-bond donors (Lipinski definition) is 1. The molecule has 0 bridgehead atoms. The van der Waals surface area contributed by atoms with Gasteiger partial charge >= 0.3 is 291 Å². The molecule has 1 unspecified atom stereocenters. The van der Waals surface area contributed by atoms with Gasteiger partial charge in [0.1, 0.15) is 0 Å². The van der Waals surface area contributed by atoms with E-state index in [0.29, 0.717) is 0 Å². The van der Waals surface area contributed by atoms with Crippen LogP contribution in [-0.4, -0.2) is 12.3 Å². The van der Waals surface area contributed by atoms with Crippen LogP contribution in [0.15, 0.2) is 212 Å². The van der Waals surface area contributed by atoms with Crippen molar-refractivity contribution in [1.29, 1.82) is 0 Å². The summed E-state index contributed by atoms with van der Waals surface area (Å²) in [6, 6.07) is 72.1. The zero-order valence-corrected chi connectivity index (χ0v) is 28.0. The summed E-state index contributed by atoms with van der Waals surface area (Å²) >= 11 is 0. The Balaban J connectivity index is 1.47. The molecule has 0 spiro atoms. The Morgan fingerprint density at radius 2 is 0.633 bits per heavy atom. The van der Waals surface area contributed by atoms with Crippen LogP contribution in [0.3, 0.4) is 0 Å². The average Bonchev–Trinajstić information content (AvgIpc) is 3.19. The van der Waals surface area contributed by atoms with Crippen molar-refractivity contribution in [2.45, 2.75) is 12.0 Å². The summed E-state index contributed by atoms with van der Waals surface area (Å²) in [5, 5.41) is 16.4. The van der Waals surface area contributed by atoms with Crippen LogP contribution in [-0.2, 0) is 9.10 Å². The summed E-state index contributed by atoms with van der Waals surface area (Å²) in [4.78, 5) is 0. The van der Waals surface area contributed by atoms with Crippen molar-refractivity contribution >= 4 is 35.4 Å². The van der Waals surface area contributed by atoms with E-state index in [1.165, 1.54) is 0 Å². The maximum absolute atomic E-state index is 12.6. The van der Waals surface area contributed by atoms with Gasteiger partial charge in [-0.15, -0.1) is 0 Å². The molecule has 0 amide bonds. The van der Waals surface area contributed by atoms with Gasteiger partial charge in [-0.1, -0.05) is 0 Å². The van der Waals surface area contributed by atoms with E-state index in [9.17, 15) is 5.02 Å². The van der Waals surface area contributed by atoms with E-state index in [4.69, 9.17) is 9.10 Å². The van der Waals surface area contributed by atoms with Gasteiger partial charge in [0.2, 0.25) is 0 Å². The monoisotopic (exact) mass is 656 g/mol. The van der Waals surface area contributed by atoms with Gasteiger partial charge in [0.15, 0.2) is 0 Å². The Bertz CT molecular complexity index is 1820. The Morgan fingerprint density at radius 3 is 0.939 bits per heavy atom. The number of rotatable bonds is 12. The molecule has 0 heterocycles. The molecule has 7 aromatic rings. The Kier molecular flexibility index (Phi) is 9.66. The Morgan fingerprint density at radius 1 is 0.367 bits per heavy atom. The SMILES string of the molecule is OB(OC(c1ccccc1)C(c1ccccc1)c1ccccc1)OP(c1ccccc1)(c1ccccc1)(c1ccccc1)c1ccccc1. The van der Waals surface area contributed by atoms with E-state index in [0.717, 1.165) is 37.9 Å². The van der Waals surface area contributed by atoms with Crippen LogP contribution in [0.25, 0.3) is 0 Å². The molecule has 1 atom stereocenters. The molecule has 0 fully saturated rings. The zero-order valence-electron chi connectivity index (χ0n) is 27.2. The third-order valence-electron chi connectivity index (χ3n) is 9.31. The molecule has 5 heteroatoms. The molecule has 0 aliphatic carbocycles. The van der Waals surface area contributed by atoms with Crippen molar-refractivity contribution < 1.29 is 14.1 Å². The fourth-order valence-electron chi connectivity index (χ4n) is 7.17. The molecular weight excluding hydrogens is 618 g/mol. The molecular formula is C44H38BO3P. The molecule has 1 N–H and O–H groups in total. The molecule has 0 saturated carbocycles. The van der Waals surface area contributed by atoms with E-state index in [1.54, 1.807) is 0 Å². The first-order chi connectivity index (χ1) is 24.2. The van der Waals surface area contributed by atoms with Crippen molar-refractivity contribution in [2.75, 3.05) is 0 Å². The van der Waals surface area contributed by atoms with Crippen LogP contribution in [0.2, 0.25) is 0 Å². The molecule has 7 aromatic carbocycles. The van der Waals surface area contributed by atoms with Crippen LogP contribution >= 0.6 is 6.83 Å². The van der Waals surface area contributed by atoms with Crippen LogP contribution in [0, 0.1) is 0 Å². The Labute approximate surface area is 289 Å². The van der Waals surface area contributed by atoms with Gasteiger partial charge in [0.25, 0.3) is 0 Å². The fourth-order valence-corrected chi connectivity index (χ4v) is 12.8. The minimum absolute atomic E-state index is 0.240. The molecule has 3 nitrogen and oxygen atoms in total. The van der Waals surface area contributed by atoms with Gasteiger partial charge in [-0.2, -0.15) is 0 Å². The topological polar surface area (TPSA) is 38.7 Å². The third kappa shape index (κ3) is 6.06. The van der Waals surface area contributed by atoms with Crippen LogP contribution < -0.4 is 21.2 Å². The van der Waals surface area contributed by atoms with Crippen LogP contribution in [0.1, 0.15) is 28.7 Å². The van der Waals surface area contributed by atoms with Gasteiger partial charge in [-0.05, 0) is 0 Å². The second-order valence-corrected chi connectivity index (χ2v) is 16.4. The van der Waals surface area contributed by atoms with Gasteiger partial charge in [0.05, 0.1) is 0 Å². The molecule has 0 aromatic heterocycles. The molecule has 0 saturated heterocycles. The van der Waals surface area contributed by atoms with Gasteiger partial charge < -0.3 is 0 Å². The van der Waals surface area contributed by atoms with E-state index in [2.05, 4.69) is 84.9 Å². The first kappa shape index (κ1) is 32.5. The third-order valence-corrected chi connectivity index (χ3v) is 15.0. The van der Waals surface area contributed by atoms with Crippen LogP contribution in [0.5, 0.6) is 0 Å². The summed E-state index contributed by atoms with van der Waals surface area (Å²) in [5.74, 6) is -0.240. The molecule has 0 aliphatic heterocycles. The second kappa shape index (κ2) is 14.6. The number of benzene rings is 7. The van der Waals surface area contributed by atoms with E-state index < -0.39 is 20.3 Å². The van der Waals surface area contributed by atoms with Crippen molar-refractivity contribution in [1.82, 2.24) is 0 Å². The summed E-state index contributed by atoms with van der Waals surface area (Å²) in [5.41, 5.74) is 3.08. The van der Waals surface area contributed by atoms with Gasteiger partial charge in [0, 0.05) is 0 Å². The van der Waals surface area contributed by atoms with Crippen molar-refractivity contribution in [3.05, 3.63) is 229 Å². The average molecular weight is 657 g/mol. The number of hydrogen-bond acceptors (Lipinski definition) is 3. The molecule has 240 valence electrons. The van der Waals surface area contributed by atoms with E-state index in [1.807, 2.05) is 127 Å². The summed E-state index contributed by atoms with van der Waals surface area (Å²) in [7, 11) is -1.64. The van der Waals surface area contributed by atoms with Crippen molar-refractivity contribution in [3.8, 4) is 0 Å². The second-order valence-electron chi connectivity index (χ2n) is 12.1. The molecule has 7 rings (SSSR count). The predicted molar refractivity (Wildman–Crippen MR) is 205 cm³/mol. The normalized spacial score (nSPS) is 12.9. The standard InChI is InChI=1S/C44H38BO3P/c46-45(47-44(38-26-12-3-13-27-38)43(36-22-8-1-9-23-36)37-24-10-2-11-25-37)48-49(39-28-14-4-15-29-39,40-30-16-5-17-31-40,41-32-18-6-19-33-41)42-34-20-7-21-35-42/h1-35,43-44,46H. The van der Waals surface area contributed by atoms with Crippen molar-refractivity contribution in [3.63, 3.8) is 0 Å². The van der Waals surface area contributed by atoms with Gasteiger partial charge in [-0.3, -0.25) is 0 Å². The fraction of sp³-hybridized carbons (Fsp3) is 0.0455. The summed E-state index contributed by atoms with van der Waals surface area (Å²) in [6.07, 6.45) is -0.596. The van der Waals surface area contributed by atoms with Gasteiger partial charge in [-0.25, -0.2) is 0 Å². The quantitative estimate of drug-likeness (QED) is 0.106. The van der Waals surface area contributed by atoms with Crippen molar-refractivity contribution in [2.24, 2.45) is 0 Å². The minimum atomic E-state index is -4.19.